The molecule has 1 aromatic carbocycles. The average Bonchev–Trinajstić information content (AvgIpc) is 2.27. The first-order valence-electron chi connectivity index (χ1n) is 6.50. The van der Waals surface area contributed by atoms with Crippen LogP contribution in [-0.4, -0.2) is 11.9 Å². The van der Waals surface area contributed by atoms with Crippen molar-refractivity contribution in [1.82, 2.24) is 5.32 Å². The molecule has 0 aliphatic heterocycles. The van der Waals surface area contributed by atoms with Gasteiger partial charge in [-0.2, -0.15) is 0 Å². The van der Waals surface area contributed by atoms with Crippen molar-refractivity contribution in [2.45, 2.75) is 46.2 Å². The second-order valence-corrected chi connectivity index (χ2v) is 6.02. The Bertz CT molecular complexity index is 440. The predicted molar refractivity (Wildman–Crippen MR) is 75.0 cm³/mol. The maximum absolute atomic E-state index is 13.1. The molecule has 3 nitrogen and oxygen atoms in total. The zero-order chi connectivity index (χ0) is 14.6. The Balaban J connectivity index is 2.58. The largest absolute Gasteiger partial charge is 0.350 e. The molecule has 1 rings (SSSR count). The molecule has 1 unspecified atom stereocenters. The van der Waals surface area contributed by atoms with Crippen LogP contribution >= 0.6 is 0 Å². The van der Waals surface area contributed by atoms with E-state index < -0.39 is 0 Å². The predicted octanol–water partition coefficient (Wildman–Crippen LogP) is 2.77. The number of hydrogen-bond donors (Lipinski definition) is 2. The quantitative estimate of drug-likeness (QED) is 0.880. The molecule has 19 heavy (non-hydrogen) atoms. The minimum Gasteiger partial charge on any atom is -0.350 e. The van der Waals surface area contributed by atoms with Crippen molar-refractivity contribution in [2.75, 3.05) is 0 Å². The number of carbonyl (C=O) groups excluding carboxylic acids is 1. The van der Waals surface area contributed by atoms with Crippen LogP contribution in [0.1, 0.15) is 45.7 Å². The SMILES string of the molecule is C[C@@H](NC(=O)CC(N)C(C)(C)C)c1cccc(F)c1. The summed E-state index contributed by atoms with van der Waals surface area (Å²) in [5.74, 6) is -0.413. The minimum absolute atomic E-state index is 0.112. The van der Waals surface area contributed by atoms with E-state index in [4.69, 9.17) is 5.73 Å². The van der Waals surface area contributed by atoms with E-state index in [-0.39, 0.29) is 35.6 Å². The second kappa shape index (κ2) is 6.15. The lowest BCUT2D eigenvalue weighted by molar-refractivity contribution is -0.122. The van der Waals surface area contributed by atoms with Gasteiger partial charge in [0.05, 0.1) is 6.04 Å². The van der Waals surface area contributed by atoms with Crippen LogP contribution in [0.3, 0.4) is 0 Å². The van der Waals surface area contributed by atoms with Crippen LogP contribution in [0, 0.1) is 11.2 Å². The van der Waals surface area contributed by atoms with Crippen molar-refractivity contribution in [2.24, 2.45) is 11.1 Å². The molecule has 3 N–H and O–H groups in total. The van der Waals surface area contributed by atoms with Crippen molar-refractivity contribution in [3.63, 3.8) is 0 Å². The molecule has 106 valence electrons. The minimum atomic E-state index is -0.301. The summed E-state index contributed by atoms with van der Waals surface area (Å²) in [5.41, 5.74) is 6.61. The van der Waals surface area contributed by atoms with Crippen molar-refractivity contribution >= 4 is 5.91 Å². The monoisotopic (exact) mass is 266 g/mol. The average molecular weight is 266 g/mol. The first kappa shape index (κ1) is 15.6. The van der Waals surface area contributed by atoms with E-state index in [1.165, 1.54) is 12.1 Å². The van der Waals surface area contributed by atoms with E-state index in [1.54, 1.807) is 12.1 Å². The van der Waals surface area contributed by atoms with E-state index in [2.05, 4.69) is 5.32 Å². The van der Waals surface area contributed by atoms with E-state index in [0.29, 0.717) is 0 Å². The number of halogens is 1. The van der Waals surface area contributed by atoms with Gasteiger partial charge in [-0.05, 0) is 30.0 Å². The van der Waals surface area contributed by atoms with Crippen LogP contribution < -0.4 is 11.1 Å². The van der Waals surface area contributed by atoms with Crippen molar-refractivity contribution < 1.29 is 9.18 Å². The lowest BCUT2D eigenvalue weighted by atomic mass is 9.85. The smallest absolute Gasteiger partial charge is 0.222 e. The molecule has 0 radical (unpaired) electrons. The molecule has 1 aromatic rings. The van der Waals surface area contributed by atoms with Gasteiger partial charge in [-0.25, -0.2) is 4.39 Å². The van der Waals surface area contributed by atoms with Crippen LogP contribution in [0.4, 0.5) is 4.39 Å². The normalized spacial score (nSPS) is 14.8. The van der Waals surface area contributed by atoms with E-state index >= 15 is 0 Å². The van der Waals surface area contributed by atoms with Crippen molar-refractivity contribution in [3.05, 3.63) is 35.6 Å². The fraction of sp³-hybridized carbons (Fsp3) is 0.533. The fourth-order valence-corrected chi connectivity index (χ4v) is 1.67. The third-order valence-electron chi connectivity index (χ3n) is 3.24. The summed E-state index contributed by atoms with van der Waals surface area (Å²) in [6, 6.07) is 5.80. The first-order valence-corrected chi connectivity index (χ1v) is 6.50. The number of rotatable bonds is 4. The highest BCUT2D eigenvalue weighted by Gasteiger charge is 2.23. The molecule has 0 saturated carbocycles. The summed E-state index contributed by atoms with van der Waals surface area (Å²) < 4.78 is 13.1. The molecule has 0 spiro atoms. The van der Waals surface area contributed by atoms with Crippen molar-refractivity contribution in [3.8, 4) is 0 Å². The first-order chi connectivity index (χ1) is 8.70. The number of nitrogens with two attached hydrogens (primary N) is 1. The summed E-state index contributed by atoms with van der Waals surface area (Å²) in [4.78, 5) is 11.9. The van der Waals surface area contributed by atoms with Crippen LogP contribution in [0.15, 0.2) is 24.3 Å². The lowest BCUT2D eigenvalue weighted by Crippen LogP contribution is -2.40. The van der Waals surface area contributed by atoms with E-state index in [9.17, 15) is 9.18 Å². The molecular formula is C15H23FN2O. The summed E-state index contributed by atoms with van der Waals surface area (Å²) in [7, 11) is 0. The van der Waals surface area contributed by atoms with Gasteiger partial charge in [0, 0.05) is 12.5 Å². The molecule has 0 fully saturated rings. The van der Waals surface area contributed by atoms with Crippen LogP contribution in [0.5, 0.6) is 0 Å². The van der Waals surface area contributed by atoms with Gasteiger partial charge in [-0.3, -0.25) is 4.79 Å². The van der Waals surface area contributed by atoms with Gasteiger partial charge >= 0.3 is 0 Å². The third-order valence-corrected chi connectivity index (χ3v) is 3.24. The number of hydrogen-bond acceptors (Lipinski definition) is 2. The molecule has 0 heterocycles. The Morgan fingerprint density at radius 1 is 1.42 bits per heavy atom. The molecule has 0 aliphatic carbocycles. The topological polar surface area (TPSA) is 55.1 Å². The number of amides is 1. The van der Waals surface area contributed by atoms with Gasteiger partial charge in [0.15, 0.2) is 0 Å². The van der Waals surface area contributed by atoms with Crippen molar-refractivity contribution in [1.29, 1.82) is 0 Å². The Labute approximate surface area is 114 Å². The molecule has 1 amide bonds. The van der Waals surface area contributed by atoms with Crippen LogP contribution in [-0.2, 0) is 4.79 Å². The molecule has 0 saturated heterocycles. The molecule has 4 heteroatoms. The second-order valence-electron chi connectivity index (χ2n) is 6.02. The van der Waals surface area contributed by atoms with Gasteiger partial charge in [-0.15, -0.1) is 0 Å². The Kier molecular flexibility index (Phi) is 5.06. The number of nitrogens with one attached hydrogen (secondary N) is 1. The van der Waals surface area contributed by atoms with E-state index in [1.807, 2.05) is 27.7 Å². The van der Waals surface area contributed by atoms with Gasteiger partial charge < -0.3 is 11.1 Å². The van der Waals surface area contributed by atoms with Gasteiger partial charge in [-0.1, -0.05) is 32.9 Å². The highest BCUT2D eigenvalue weighted by Crippen LogP contribution is 2.20. The highest BCUT2D eigenvalue weighted by atomic mass is 19.1. The summed E-state index contributed by atoms with van der Waals surface area (Å²) >= 11 is 0. The lowest BCUT2D eigenvalue weighted by Gasteiger charge is -2.27. The number of benzene rings is 1. The fourth-order valence-electron chi connectivity index (χ4n) is 1.67. The molecular weight excluding hydrogens is 243 g/mol. The van der Waals surface area contributed by atoms with Crippen LogP contribution in [0.25, 0.3) is 0 Å². The van der Waals surface area contributed by atoms with E-state index in [0.717, 1.165) is 5.56 Å². The van der Waals surface area contributed by atoms with Gasteiger partial charge in [0.2, 0.25) is 5.91 Å². The standard InChI is InChI=1S/C15H23FN2O/c1-10(11-6-5-7-12(16)8-11)18-14(19)9-13(17)15(2,3)4/h5-8,10,13H,9,17H2,1-4H3,(H,18,19)/t10-,13?/m1/s1. The van der Waals surface area contributed by atoms with Gasteiger partial charge in [0.25, 0.3) is 0 Å². The molecule has 0 aromatic heterocycles. The Morgan fingerprint density at radius 2 is 2.05 bits per heavy atom. The summed E-state index contributed by atoms with van der Waals surface area (Å²) in [6.45, 7) is 7.83. The zero-order valence-corrected chi connectivity index (χ0v) is 12.0. The molecule has 2 atom stereocenters. The summed E-state index contributed by atoms with van der Waals surface area (Å²) in [6.07, 6.45) is 0.267. The third kappa shape index (κ3) is 4.99. The summed E-state index contributed by atoms with van der Waals surface area (Å²) in [5, 5.41) is 2.84. The Hall–Kier alpha value is -1.42. The maximum atomic E-state index is 13.1. The highest BCUT2D eigenvalue weighted by molar-refractivity contribution is 5.77. The maximum Gasteiger partial charge on any atom is 0.222 e. The van der Waals surface area contributed by atoms with Crippen LogP contribution in [0.2, 0.25) is 0 Å². The zero-order valence-electron chi connectivity index (χ0n) is 12.0. The number of carbonyl (C=O) groups is 1. The van der Waals surface area contributed by atoms with Gasteiger partial charge in [0.1, 0.15) is 5.82 Å². The molecule has 0 aliphatic rings. The molecule has 0 bridgehead atoms. The Morgan fingerprint density at radius 3 is 2.58 bits per heavy atom.